The van der Waals surface area contributed by atoms with Crippen molar-refractivity contribution in [3.8, 4) is 5.69 Å². The Morgan fingerprint density at radius 1 is 0.956 bits per heavy atom. The summed E-state index contributed by atoms with van der Waals surface area (Å²) in [6.07, 6.45) is 0.301. The van der Waals surface area contributed by atoms with Crippen LogP contribution in [0, 0.1) is 0 Å². The second-order valence-corrected chi connectivity index (χ2v) is 11.7. The molecule has 3 aromatic carbocycles. The minimum absolute atomic E-state index is 0.122. The molecule has 0 radical (unpaired) electrons. The van der Waals surface area contributed by atoms with Gasteiger partial charge in [0.15, 0.2) is 0 Å². The van der Waals surface area contributed by atoms with Crippen molar-refractivity contribution in [3.63, 3.8) is 0 Å². The first kappa shape index (κ1) is 31.7. The molecule has 0 bridgehead atoms. The summed E-state index contributed by atoms with van der Waals surface area (Å²) in [7, 11) is 1.57. The molecule has 3 amide bonds. The fourth-order valence-corrected chi connectivity index (χ4v) is 5.60. The summed E-state index contributed by atoms with van der Waals surface area (Å²) in [5.74, 6) is -0.358. The zero-order valence-corrected chi connectivity index (χ0v) is 26.7. The average molecular weight is 648 g/mol. The van der Waals surface area contributed by atoms with Gasteiger partial charge in [0.2, 0.25) is 11.9 Å². The predicted molar refractivity (Wildman–Crippen MR) is 176 cm³/mol. The van der Waals surface area contributed by atoms with E-state index < -0.39 is 0 Å². The van der Waals surface area contributed by atoms with E-state index >= 15 is 0 Å². The van der Waals surface area contributed by atoms with Crippen molar-refractivity contribution in [2.75, 3.05) is 17.7 Å². The molecule has 0 aliphatic carbocycles. The van der Waals surface area contributed by atoms with Crippen LogP contribution in [0.15, 0.2) is 71.5 Å². The molecule has 0 saturated heterocycles. The summed E-state index contributed by atoms with van der Waals surface area (Å²) in [5, 5.41) is 9.35. The quantitative estimate of drug-likeness (QED) is 0.239. The molecule has 0 unspecified atom stereocenters. The lowest BCUT2D eigenvalue weighted by molar-refractivity contribution is -0.114. The Hall–Kier alpha value is -4.67. The number of carbonyl (C=O) groups excluding carboxylic acids is 3. The SMILES string of the molecule is CNC(=O)c1ccc([C@@H](C)Nc2nc3c(c(=O)n2-c2ccc(NC(C)=O)cc2)C[C@@H](C)N(C(=O)c2ccc(Cl)c(Cl)c2)C3)cc1. The number of anilines is 2. The summed E-state index contributed by atoms with van der Waals surface area (Å²) in [5.41, 5.74) is 3.67. The Balaban J connectivity index is 1.55. The van der Waals surface area contributed by atoms with Crippen LogP contribution in [0.5, 0.6) is 0 Å². The van der Waals surface area contributed by atoms with E-state index in [-0.39, 0.29) is 52.9 Å². The maximum absolute atomic E-state index is 14.2. The number of benzene rings is 3. The number of hydrogen-bond acceptors (Lipinski definition) is 6. The summed E-state index contributed by atoms with van der Waals surface area (Å²) in [6, 6.07) is 18.2. The summed E-state index contributed by atoms with van der Waals surface area (Å²) < 4.78 is 1.51. The van der Waals surface area contributed by atoms with Crippen molar-refractivity contribution in [1.29, 1.82) is 0 Å². The number of nitrogens with one attached hydrogen (secondary N) is 3. The van der Waals surface area contributed by atoms with E-state index in [1.807, 2.05) is 26.0 Å². The molecular formula is C33H32Cl2N6O4. The first-order chi connectivity index (χ1) is 21.5. The van der Waals surface area contributed by atoms with E-state index in [1.165, 1.54) is 17.6 Å². The van der Waals surface area contributed by atoms with Crippen LogP contribution in [-0.2, 0) is 17.8 Å². The smallest absolute Gasteiger partial charge is 0.263 e. The third kappa shape index (κ3) is 6.72. The zero-order valence-electron chi connectivity index (χ0n) is 25.2. The Kier molecular flexibility index (Phi) is 9.27. The van der Waals surface area contributed by atoms with Gasteiger partial charge in [-0.15, -0.1) is 0 Å². The molecule has 10 nitrogen and oxygen atoms in total. The first-order valence-corrected chi connectivity index (χ1v) is 15.1. The number of aromatic nitrogens is 2. The van der Waals surface area contributed by atoms with Crippen molar-refractivity contribution in [1.82, 2.24) is 19.8 Å². The lowest BCUT2D eigenvalue weighted by Crippen LogP contribution is -2.46. The number of halogens is 2. The largest absolute Gasteiger partial charge is 0.355 e. The number of carbonyl (C=O) groups is 3. The van der Waals surface area contributed by atoms with Gasteiger partial charge < -0.3 is 20.9 Å². The predicted octanol–water partition coefficient (Wildman–Crippen LogP) is 5.62. The molecule has 1 aliphatic heterocycles. The Bertz CT molecular complexity index is 1840. The zero-order chi connectivity index (χ0) is 32.4. The third-order valence-electron chi connectivity index (χ3n) is 7.73. The molecule has 1 aromatic heterocycles. The van der Waals surface area contributed by atoms with Crippen LogP contribution in [0.2, 0.25) is 10.0 Å². The van der Waals surface area contributed by atoms with Gasteiger partial charge >= 0.3 is 0 Å². The summed E-state index contributed by atoms with van der Waals surface area (Å²) in [6.45, 7) is 5.36. The van der Waals surface area contributed by atoms with Crippen LogP contribution >= 0.6 is 23.2 Å². The standard InChI is InChI=1S/C33H32Cl2N6O4/c1-18-15-26-29(17-40(18)31(44)23-9-14-27(34)28(35)16-23)39-33(37-19(2)21-5-7-22(8-6-21)30(43)36-4)41(32(26)45)25-12-10-24(11-13-25)38-20(3)42/h5-14,16,18-19H,15,17H2,1-4H3,(H,36,43)(H,37,39)(H,38,42)/t18-,19-/m1/s1. The Labute approximate surface area is 270 Å². The van der Waals surface area contributed by atoms with Gasteiger partial charge in [0.05, 0.1) is 34.0 Å². The lowest BCUT2D eigenvalue weighted by Gasteiger charge is -2.35. The molecule has 1 aliphatic rings. The monoisotopic (exact) mass is 646 g/mol. The maximum atomic E-state index is 14.2. The van der Waals surface area contributed by atoms with Crippen LogP contribution in [0.1, 0.15) is 64.3 Å². The van der Waals surface area contributed by atoms with Crippen molar-refractivity contribution >= 4 is 52.6 Å². The van der Waals surface area contributed by atoms with E-state index in [1.54, 1.807) is 60.5 Å². The topological polar surface area (TPSA) is 125 Å². The van der Waals surface area contributed by atoms with Crippen molar-refractivity contribution in [2.24, 2.45) is 0 Å². The third-order valence-corrected chi connectivity index (χ3v) is 8.47. The van der Waals surface area contributed by atoms with Crippen LogP contribution in [0.3, 0.4) is 0 Å². The fourth-order valence-electron chi connectivity index (χ4n) is 5.30. The molecule has 0 fully saturated rings. The van der Waals surface area contributed by atoms with Crippen LogP contribution in [0.25, 0.3) is 5.69 Å². The molecule has 2 heterocycles. The highest BCUT2D eigenvalue weighted by Gasteiger charge is 2.32. The highest BCUT2D eigenvalue weighted by molar-refractivity contribution is 6.42. The molecule has 5 rings (SSSR count). The minimum Gasteiger partial charge on any atom is -0.355 e. The van der Waals surface area contributed by atoms with Gasteiger partial charge in [0.1, 0.15) is 0 Å². The molecule has 0 spiro atoms. The summed E-state index contributed by atoms with van der Waals surface area (Å²) in [4.78, 5) is 57.9. The van der Waals surface area contributed by atoms with Crippen LogP contribution < -0.4 is 21.5 Å². The normalized spacial score (nSPS) is 14.7. The molecule has 0 saturated carbocycles. The van der Waals surface area contributed by atoms with E-state index in [0.29, 0.717) is 45.2 Å². The van der Waals surface area contributed by atoms with Crippen molar-refractivity contribution in [3.05, 3.63) is 115 Å². The van der Waals surface area contributed by atoms with Gasteiger partial charge in [-0.3, -0.25) is 19.2 Å². The number of nitrogens with zero attached hydrogens (tertiary/aromatic N) is 3. The van der Waals surface area contributed by atoms with Gasteiger partial charge in [0.25, 0.3) is 17.4 Å². The second-order valence-electron chi connectivity index (χ2n) is 10.9. The Morgan fingerprint density at radius 2 is 1.62 bits per heavy atom. The maximum Gasteiger partial charge on any atom is 0.263 e. The molecule has 12 heteroatoms. The van der Waals surface area contributed by atoms with Gasteiger partial charge in [0, 0.05) is 42.4 Å². The fraction of sp³-hybridized carbons (Fsp3) is 0.242. The van der Waals surface area contributed by atoms with Crippen molar-refractivity contribution in [2.45, 2.75) is 45.8 Å². The highest BCUT2D eigenvalue weighted by atomic mass is 35.5. The minimum atomic E-state index is -0.310. The molecule has 232 valence electrons. The lowest BCUT2D eigenvalue weighted by atomic mass is 9.98. The number of fused-ring (bicyclic) bond motifs is 1. The first-order valence-electron chi connectivity index (χ1n) is 14.3. The van der Waals surface area contributed by atoms with Gasteiger partial charge in [-0.05, 0) is 80.4 Å². The molecule has 4 aromatic rings. The van der Waals surface area contributed by atoms with E-state index in [4.69, 9.17) is 28.2 Å². The van der Waals surface area contributed by atoms with Gasteiger partial charge in [-0.2, -0.15) is 0 Å². The van der Waals surface area contributed by atoms with Crippen LogP contribution in [-0.4, -0.2) is 45.3 Å². The number of hydrogen-bond donors (Lipinski definition) is 3. The number of amides is 3. The van der Waals surface area contributed by atoms with Gasteiger partial charge in [-0.25, -0.2) is 9.55 Å². The molecular weight excluding hydrogens is 615 g/mol. The van der Waals surface area contributed by atoms with E-state index in [0.717, 1.165) is 5.56 Å². The molecule has 3 N–H and O–H groups in total. The van der Waals surface area contributed by atoms with Crippen LogP contribution in [0.4, 0.5) is 11.6 Å². The number of rotatable bonds is 7. The van der Waals surface area contributed by atoms with Crippen molar-refractivity contribution < 1.29 is 14.4 Å². The van der Waals surface area contributed by atoms with E-state index in [9.17, 15) is 19.2 Å². The van der Waals surface area contributed by atoms with E-state index in [2.05, 4.69) is 16.0 Å². The molecule has 45 heavy (non-hydrogen) atoms. The van der Waals surface area contributed by atoms with Gasteiger partial charge in [-0.1, -0.05) is 35.3 Å². The Morgan fingerprint density at radius 3 is 2.24 bits per heavy atom. The average Bonchev–Trinajstić information content (AvgIpc) is 3.02. The highest BCUT2D eigenvalue weighted by Crippen LogP contribution is 2.29. The summed E-state index contributed by atoms with van der Waals surface area (Å²) >= 11 is 12.3. The molecule has 2 atom stereocenters. The second kappa shape index (κ2) is 13.1.